The summed E-state index contributed by atoms with van der Waals surface area (Å²) in [6.07, 6.45) is 1.73. The van der Waals surface area contributed by atoms with Crippen LogP contribution in [0, 0.1) is 0 Å². The Balaban J connectivity index is 1.71. The van der Waals surface area contributed by atoms with E-state index in [2.05, 4.69) is 10.3 Å². The highest BCUT2D eigenvalue weighted by atomic mass is 35.5. The summed E-state index contributed by atoms with van der Waals surface area (Å²) in [6, 6.07) is 23.3. The van der Waals surface area contributed by atoms with Gasteiger partial charge in [-0.15, -0.1) is 0 Å². The molecule has 0 radical (unpaired) electrons. The van der Waals surface area contributed by atoms with Gasteiger partial charge in [0.2, 0.25) is 0 Å². The third-order valence-corrected chi connectivity index (χ3v) is 3.81. The van der Waals surface area contributed by atoms with Gasteiger partial charge in [-0.1, -0.05) is 47.5 Å². The summed E-state index contributed by atoms with van der Waals surface area (Å²) in [4.78, 5) is 4.43. The molecule has 0 aliphatic rings. The molecule has 0 atom stereocenters. The van der Waals surface area contributed by atoms with Crippen LogP contribution in [0.4, 0.5) is 17.1 Å². The van der Waals surface area contributed by atoms with E-state index in [1.54, 1.807) is 18.3 Å². The average Bonchev–Trinajstić information content (AvgIpc) is 2.56. The Kier molecular flexibility index (Phi) is 4.96. The van der Waals surface area contributed by atoms with Crippen molar-refractivity contribution in [2.24, 2.45) is 4.99 Å². The first-order valence-electron chi connectivity index (χ1n) is 7.12. The summed E-state index contributed by atoms with van der Waals surface area (Å²) in [5.74, 6) is 0. The predicted molar refractivity (Wildman–Crippen MR) is 99.9 cm³/mol. The lowest BCUT2D eigenvalue weighted by Crippen LogP contribution is -1.88. The van der Waals surface area contributed by atoms with Gasteiger partial charge in [0.1, 0.15) is 0 Å². The van der Waals surface area contributed by atoms with Gasteiger partial charge in [0.05, 0.1) is 10.7 Å². The topological polar surface area (TPSA) is 24.4 Å². The van der Waals surface area contributed by atoms with E-state index in [1.165, 1.54) is 0 Å². The number of anilines is 2. The minimum absolute atomic E-state index is 0.587. The molecule has 0 bridgehead atoms. The zero-order valence-corrected chi connectivity index (χ0v) is 13.7. The van der Waals surface area contributed by atoms with Gasteiger partial charge in [-0.25, -0.2) is 0 Å². The van der Waals surface area contributed by atoms with Crippen molar-refractivity contribution in [1.29, 1.82) is 0 Å². The molecule has 3 aromatic rings. The van der Waals surface area contributed by atoms with Gasteiger partial charge < -0.3 is 5.32 Å². The molecule has 0 spiro atoms. The van der Waals surface area contributed by atoms with Crippen LogP contribution in [-0.4, -0.2) is 6.21 Å². The molecule has 3 rings (SSSR count). The second kappa shape index (κ2) is 7.32. The lowest BCUT2D eigenvalue weighted by atomic mass is 10.2. The molecule has 23 heavy (non-hydrogen) atoms. The van der Waals surface area contributed by atoms with Crippen molar-refractivity contribution >= 4 is 46.5 Å². The lowest BCUT2D eigenvalue weighted by Gasteiger charge is -2.06. The number of benzene rings is 3. The van der Waals surface area contributed by atoms with E-state index in [0.717, 1.165) is 22.6 Å². The van der Waals surface area contributed by atoms with Crippen LogP contribution in [0.1, 0.15) is 5.56 Å². The maximum absolute atomic E-state index is 6.13. The minimum atomic E-state index is 0.587. The average molecular weight is 341 g/mol. The first-order chi connectivity index (χ1) is 11.2. The van der Waals surface area contributed by atoms with Crippen LogP contribution < -0.4 is 5.32 Å². The van der Waals surface area contributed by atoms with Crippen LogP contribution in [0.25, 0.3) is 0 Å². The SMILES string of the molecule is Clc1ccc(C=Nc2ccc(Nc3ccccc3)cc2)c(Cl)c1. The van der Waals surface area contributed by atoms with Crippen LogP contribution in [-0.2, 0) is 0 Å². The fraction of sp³-hybridized carbons (Fsp3) is 0. The van der Waals surface area contributed by atoms with Crippen molar-refractivity contribution in [2.45, 2.75) is 0 Å². The number of halogens is 2. The van der Waals surface area contributed by atoms with Crippen molar-refractivity contribution in [3.8, 4) is 0 Å². The molecular formula is C19H14Cl2N2. The van der Waals surface area contributed by atoms with E-state index in [1.807, 2.05) is 60.7 Å². The van der Waals surface area contributed by atoms with Gasteiger partial charge in [-0.05, 0) is 48.5 Å². The Morgan fingerprint density at radius 1 is 0.783 bits per heavy atom. The van der Waals surface area contributed by atoms with Crippen LogP contribution in [0.3, 0.4) is 0 Å². The molecule has 0 aliphatic carbocycles. The zero-order valence-electron chi connectivity index (χ0n) is 12.2. The summed E-state index contributed by atoms with van der Waals surface area (Å²) < 4.78 is 0. The number of para-hydroxylation sites is 1. The van der Waals surface area contributed by atoms with Gasteiger partial charge in [-0.3, -0.25) is 4.99 Å². The van der Waals surface area contributed by atoms with Crippen molar-refractivity contribution in [1.82, 2.24) is 0 Å². The first kappa shape index (κ1) is 15.6. The molecule has 1 N–H and O–H groups in total. The largest absolute Gasteiger partial charge is 0.356 e. The minimum Gasteiger partial charge on any atom is -0.356 e. The highest BCUT2D eigenvalue weighted by Crippen LogP contribution is 2.22. The standard InChI is InChI=1S/C19H14Cl2N2/c20-15-7-6-14(19(21)12-15)13-22-16-8-10-18(11-9-16)23-17-4-2-1-3-5-17/h1-13,23H. The number of hydrogen-bond donors (Lipinski definition) is 1. The van der Waals surface area contributed by atoms with Crippen molar-refractivity contribution in [3.05, 3.63) is 88.4 Å². The van der Waals surface area contributed by atoms with Crippen LogP contribution in [0.15, 0.2) is 77.8 Å². The Hall–Kier alpha value is -2.29. The molecule has 3 aromatic carbocycles. The van der Waals surface area contributed by atoms with E-state index < -0.39 is 0 Å². The summed E-state index contributed by atoms with van der Waals surface area (Å²) in [5, 5.41) is 4.53. The van der Waals surface area contributed by atoms with Gasteiger partial charge in [0, 0.05) is 28.2 Å². The van der Waals surface area contributed by atoms with Gasteiger partial charge in [0.25, 0.3) is 0 Å². The summed E-state index contributed by atoms with van der Waals surface area (Å²) >= 11 is 12.0. The summed E-state index contributed by atoms with van der Waals surface area (Å²) in [6.45, 7) is 0. The third-order valence-electron chi connectivity index (χ3n) is 3.24. The highest BCUT2D eigenvalue weighted by molar-refractivity contribution is 6.36. The highest BCUT2D eigenvalue weighted by Gasteiger charge is 1.99. The molecule has 0 heterocycles. The Morgan fingerprint density at radius 2 is 1.48 bits per heavy atom. The molecule has 2 nitrogen and oxygen atoms in total. The lowest BCUT2D eigenvalue weighted by molar-refractivity contribution is 1.50. The monoisotopic (exact) mass is 340 g/mol. The maximum atomic E-state index is 6.13. The Labute approximate surface area is 145 Å². The molecule has 0 unspecified atom stereocenters. The van der Waals surface area contributed by atoms with Crippen molar-refractivity contribution in [3.63, 3.8) is 0 Å². The molecule has 0 amide bonds. The van der Waals surface area contributed by atoms with Crippen LogP contribution in [0.2, 0.25) is 10.0 Å². The van der Waals surface area contributed by atoms with Gasteiger partial charge in [-0.2, -0.15) is 0 Å². The molecule has 0 saturated heterocycles. The molecule has 0 saturated carbocycles. The predicted octanol–water partition coefficient (Wildman–Crippen LogP) is 6.49. The van der Waals surface area contributed by atoms with E-state index in [4.69, 9.17) is 23.2 Å². The van der Waals surface area contributed by atoms with E-state index in [0.29, 0.717) is 10.0 Å². The number of hydrogen-bond acceptors (Lipinski definition) is 2. The molecule has 0 fully saturated rings. The van der Waals surface area contributed by atoms with Crippen LogP contribution >= 0.6 is 23.2 Å². The van der Waals surface area contributed by atoms with Gasteiger partial charge in [0.15, 0.2) is 0 Å². The van der Waals surface area contributed by atoms with Gasteiger partial charge >= 0.3 is 0 Å². The zero-order chi connectivity index (χ0) is 16.1. The van der Waals surface area contributed by atoms with E-state index >= 15 is 0 Å². The first-order valence-corrected chi connectivity index (χ1v) is 7.87. The number of rotatable bonds is 4. The number of aliphatic imine (C=N–C) groups is 1. The van der Waals surface area contributed by atoms with E-state index in [-0.39, 0.29) is 0 Å². The van der Waals surface area contributed by atoms with Crippen molar-refractivity contribution < 1.29 is 0 Å². The Morgan fingerprint density at radius 3 is 2.17 bits per heavy atom. The molecule has 0 aromatic heterocycles. The Bertz CT molecular complexity index is 813. The number of nitrogens with one attached hydrogen (secondary N) is 1. The fourth-order valence-corrected chi connectivity index (χ4v) is 2.53. The van der Waals surface area contributed by atoms with Crippen molar-refractivity contribution in [2.75, 3.05) is 5.32 Å². The van der Waals surface area contributed by atoms with Crippen LogP contribution in [0.5, 0.6) is 0 Å². The second-order valence-electron chi connectivity index (χ2n) is 4.96. The molecule has 114 valence electrons. The second-order valence-corrected chi connectivity index (χ2v) is 5.81. The third kappa shape index (κ3) is 4.35. The molecule has 0 aliphatic heterocycles. The van der Waals surface area contributed by atoms with E-state index in [9.17, 15) is 0 Å². The summed E-state index contributed by atoms with van der Waals surface area (Å²) in [7, 11) is 0. The molecular weight excluding hydrogens is 327 g/mol. The fourth-order valence-electron chi connectivity index (χ4n) is 2.07. The normalized spacial score (nSPS) is 10.9. The molecule has 4 heteroatoms. The smallest absolute Gasteiger partial charge is 0.0631 e. The maximum Gasteiger partial charge on any atom is 0.0631 e. The summed E-state index contributed by atoms with van der Waals surface area (Å²) in [5.41, 5.74) is 3.76. The quantitative estimate of drug-likeness (QED) is 0.539. The number of nitrogens with zero attached hydrogens (tertiary/aromatic N) is 1.